The third kappa shape index (κ3) is 51.4. The zero-order valence-electron chi connectivity index (χ0n) is 42.5. The van der Waals surface area contributed by atoms with Gasteiger partial charge in [-0.05, 0) is 70.6 Å². The van der Waals surface area contributed by atoms with Crippen LogP contribution in [0.4, 0.5) is 0 Å². The van der Waals surface area contributed by atoms with Gasteiger partial charge in [-0.3, -0.25) is 14.4 Å². The third-order valence-corrected chi connectivity index (χ3v) is 11.4. The number of carbonyl (C=O) groups excluding carboxylic acids is 3. The summed E-state index contributed by atoms with van der Waals surface area (Å²) >= 11 is 0. The van der Waals surface area contributed by atoms with Gasteiger partial charge in [0.25, 0.3) is 0 Å². The Labute approximate surface area is 401 Å². The lowest BCUT2D eigenvalue weighted by Gasteiger charge is -2.18. The number of unbranched alkanes of at least 4 members (excludes halogenated alkanes) is 23. The number of hydrogen-bond donors (Lipinski definition) is 0. The van der Waals surface area contributed by atoms with Gasteiger partial charge >= 0.3 is 17.9 Å². The molecule has 1 atom stereocenters. The summed E-state index contributed by atoms with van der Waals surface area (Å²) in [5.74, 6) is -0.951. The van der Waals surface area contributed by atoms with Gasteiger partial charge in [0.1, 0.15) is 13.2 Å². The van der Waals surface area contributed by atoms with Crippen molar-refractivity contribution in [2.75, 3.05) is 13.2 Å². The van der Waals surface area contributed by atoms with Crippen molar-refractivity contribution in [1.29, 1.82) is 0 Å². The standard InChI is InChI=1S/C59H100O6/c1-4-7-10-13-16-19-22-24-25-26-27-28-29-30-31-32-33-35-37-40-43-46-49-52-58(61)64-55-56(54-63-57(60)51-48-45-42-39-36-21-18-15-12-9-6-3)65-59(62)53-50-47-44-41-38-34-23-20-17-14-11-8-5-2/h7,10,16,19,24-25,27-28,30-31,33,35,40,43,56H,4-6,8-9,11-15,17-18,20-23,26,29,32,34,36-39,41-42,44-55H2,1-3H3/b10-7-,19-16-,25-24-,28-27-,31-30-,35-33-,43-40-. The molecular weight excluding hydrogens is 805 g/mol. The molecule has 0 amide bonds. The summed E-state index contributed by atoms with van der Waals surface area (Å²) in [5, 5.41) is 0. The van der Waals surface area contributed by atoms with Crippen LogP contribution < -0.4 is 0 Å². The van der Waals surface area contributed by atoms with Crippen molar-refractivity contribution >= 4 is 17.9 Å². The van der Waals surface area contributed by atoms with Crippen LogP contribution in [-0.4, -0.2) is 37.2 Å². The number of rotatable bonds is 48. The van der Waals surface area contributed by atoms with E-state index in [-0.39, 0.29) is 37.5 Å². The number of hydrogen-bond acceptors (Lipinski definition) is 6. The number of carbonyl (C=O) groups is 3. The van der Waals surface area contributed by atoms with Crippen molar-refractivity contribution in [1.82, 2.24) is 0 Å². The van der Waals surface area contributed by atoms with Crippen molar-refractivity contribution in [3.63, 3.8) is 0 Å². The Balaban J connectivity index is 4.42. The number of esters is 3. The second-order valence-corrected chi connectivity index (χ2v) is 17.8. The summed E-state index contributed by atoms with van der Waals surface area (Å²) in [5.41, 5.74) is 0. The molecule has 372 valence electrons. The van der Waals surface area contributed by atoms with E-state index in [1.807, 2.05) is 0 Å². The van der Waals surface area contributed by atoms with Crippen LogP contribution in [0.5, 0.6) is 0 Å². The molecule has 0 fully saturated rings. The van der Waals surface area contributed by atoms with Crippen LogP contribution in [-0.2, 0) is 28.6 Å². The van der Waals surface area contributed by atoms with Gasteiger partial charge in [0.05, 0.1) is 0 Å². The Morgan fingerprint density at radius 1 is 0.323 bits per heavy atom. The highest BCUT2D eigenvalue weighted by atomic mass is 16.6. The molecule has 0 saturated heterocycles. The zero-order chi connectivity index (χ0) is 47.2. The van der Waals surface area contributed by atoms with Crippen LogP contribution in [0.15, 0.2) is 85.1 Å². The monoisotopic (exact) mass is 905 g/mol. The van der Waals surface area contributed by atoms with Crippen LogP contribution in [0.1, 0.15) is 252 Å². The molecule has 0 bridgehead atoms. The normalized spacial score (nSPS) is 12.7. The second-order valence-electron chi connectivity index (χ2n) is 17.8. The number of allylic oxidation sites excluding steroid dienone is 14. The van der Waals surface area contributed by atoms with Crippen LogP contribution in [0.2, 0.25) is 0 Å². The molecule has 0 radical (unpaired) electrons. The predicted molar refractivity (Wildman–Crippen MR) is 279 cm³/mol. The van der Waals surface area contributed by atoms with Crippen LogP contribution in [0, 0.1) is 0 Å². The number of ether oxygens (including phenoxy) is 3. The quantitative estimate of drug-likeness (QED) is 0.0262. The summed E-state index contributed by atoms with van der Waals surface area (Å²) in [6.07, 6.45) is 68.6. The Bertz CT molecular complexity index is 1270. The summed E-state index contributed by atoms with van der Waals surface area (Å²) in [4.78, 5) is 38.0. The highest BCUT2D eigenvalue weighted by Gasteiger charge is 2.19. The summed E-state index contributed by atoms with van der Waals surface area (Å²) in [7, 11) is 0. The average molecular weight is 905 g/mol. The fraction of sp³-hybridized carbons (Fsp3) is 0.712. The molecule has 0 aromatic carbocycles. The maximum Gasteiger partial charge on any atom is 0.306 e. The maximum absolute atomic E-state index is 12.8. The molecule has 0 aliphatic heterocycles. The summed E-state index contributed by atoms with van der Waals surface area (Å²) in [6, 6.07) is 0. The van der Waals surface area contributed by atoms with E-state index in [1.54, 1.807) is 0 Å². The molecule has 0 spiro atoms. The average Bonchev–Trinajstić information content (AvgIpc) is 3.30. The molecule has 0 aliphatic carbocycles. The van der Waals surface area contributed by atoms with Crippen LogP contribution in [0.25, 0.3) is 0 Å². The van der Waals surface area contributed by atoms with Crippen LogP contribution >= 0.6 is 0 Å². The molecule has 0 aromatic rings. The van der Waals surface area contributed by atoms with Gasteiger partial charge in [0.15, 0.2) is 6.10 Å². The minimum absolute atomic E-state index is 0.0914. The topological polar surface area (TPSA) is 78.9 Å². The fourth-order valence-electron chi connectivity index (χ4n) is 7.37. The van der Waals surface area contributed by atoms with Crippen molar-refractivity contribution in [3.05, 3.63) is 85.1 Å². The highest BCUT2D eigenvalue weighted by Crippen LogP contribution is 2.15. The zero-order valence-corrected chi connectivity index (χ0v) is 42.5. The van der Waals surface area contributed by atoms with Gasteiger partial charge in [-0.15, -0.1) is 0 Å². The third-order valence-electron chi connectivity index (χ3n) is 11.4. The molecule has 0 heterocycles. The van der Waals surface area contributed by atoms with E-state index in [1.165, 1.54) is 116 Å². The SMILES string of the molecule is CC/C=C\C/C=C\C/C=C\C/C=C\C/C=C\C/C=C\C/C=C\CCCC(=O)OCC(COC(=O)CCCCCCCCCCCCC)OC(=O)CCCCCCCCCCCCCCC. The lowest BCUT2D eigenvalue weighted by atomic mass is 10.0. The van der Waals surface area contributed by atoms with Gasteiger partial charge in [-0.1, -0.05) is 247 Å². The first-order chi connectivity index (χ1) is 32.0. The molecule has 0 saturated carbocycles. The lowest BCUT2D eigenvalue weighted by molar-refractivity contribution is -0.167. The Hall–Kier alpha value is -3.41. The molecule has 0 aliphatic rings. The summed E-state index contributed by atoms with van der Waals surface area (Å²) < 4.78 is 16.8. The predicted octanol–water partition coefficient (Wildman–Crippen LogP) is 18.0. The van der Waals surface area contributed by atoms with Gasteiger partial charge in [-0.25, -0.2) is 0 Å². The molecule has 0 rings (SSSR count). The van der Waals surface area contributed by atoms with Crippen molar-refractivity contribution < 1.29 is 28.6 Å². The summed E-state index contributed by atoms with van der Waals surface area (Å²) in [6.45, 7) is 6.47. The van der Waals surface area contributed by atoms with Crippen molar-refractivity contribution in [3.8, 4) is 0 Å². The molecular formula is C59H100O6. The van der Waals surface area contributed by atoms with Crippen molar-refractivity contribution in [2.24, 2.45) is 0 Å². The molecule has 6 nitrogen and oxygen atoms in total. The van der Waals surface area contributed by atoms with E-state index in [0.29, 0.717) is 19.3 Å². The largest absolute Gasteiger partial charge is 0.462 e. The van der Waals surface area contributed by atoms with Crippen LogP contribution in [0.3, 0.4) is 0 Å². The smallest absolute Gasteiger partial charge is 0.306 e. The molecule has 0 aromatic heterocycles. The van der Waals surface area contributed by atoms with Gasteiger partial charge in [-0.2, -0.15) is 0 Å². The minimum Gasteiger partial charge on any atom is -0.462 e. The Morgan fingerprint density at radius 2 is 0.600 bits per heavy atom. The molecule has 6 heteroatoms. The first kappa shape index (κ1) is 61.6. The van der Waals surface area contributed by atoms with E-state index in [9.17, 15) is 14.4 Å². The van der Waals surface area contributed by atoms with E-state index in [0.717, 1.165) is 89.9 Å². The van der Waals surface area contributed by atoms with E-state index in [4.69, 9.17) is 14.2 Å². The minimum atomic E-state index is -0.795. The Morgan fingerprint density at radius 3 is 0.938 bits per heavy atom. The van der Waals surface area contributed by atoms with E-state index < -0.39 is 6.10 Å². The fourth-order valence-corrected chi connectivity index (χ4v) is 7.37. The van der Waals surface area contributed by atoms with Gasteiger partial charge in [0.2, 0.25) is 0 Å². The van der Waals surface area contributed by atoms with E-state index in [2.05, 4.69) is 106 Å². The van der Waals surface area contributed by atoms with Gasteiger partial charge in [0, 0.05) is 19.3 Å². The Kier molecular flexibility index (Phi) is 50.4. The maximum atomic E-state index is 12.8. The lowest BCUT2D eigenvalue weighted by Crippen LogP contribution is -2.30. The van der Waals surface area contributed by atoms with Gasteiger partial charge < -0.3 is 14.2 Å². The van der Waals surface area contributed by atoms with E-state index >= 15 is 0 Å². The van der Waals surface area contributed by atoms with Crippen molar-refractivity contribution in [2.45, 2.75) is 258 Å². The molecule has 65 heavy (non-hydrogen) atoms. The molecule has 1 unspecified atom stereocenters. The first-order valence-corrected chi connectivity index (χ1v) is 27.1. The second kappa shape index (κ2) is 53.2. The molecule has 0 N–H and O–H groups in total. The highest BCUT2D eigenvalue weighted by molar-refractivity contribution is 5.71. The first-order valence-electron chi connectivity index (χ1n) is 27.1.